The topological polar surface area (TPSA) is 77.6 Å². The van der Waals surface area contributed by atoms with Gasteiger partial charge in [0.1, 0.15) is 12.2 Å². The highest BCUT2D eigenvalue weighted by molar-refractivity contribution is 5.76. The van der Waals surface area contributed by atoms with E-state index in [2.05, 4.69) is 20.5 Å². The van der Waals surface area contributed by atoms with Crippen molar-refractivity contribution >= 4 is 5.91 Å². The molecule has 108 valence electrons. The van der Waals surface area contributed by atoms with Gasteiger partial charge in [0.25, 0.3) is 0 Å². The van der Waals surface area contributed by atoms with Gasteiger partial charge in [-0.25, -0.2) is 4.98 Å². The lowest BCUT2D eigenvalue weighted by Gasteiger charge is -2.15. The fourth-order valence-electron chi connectivity index (χ4n) is 2.10. The first-order valence-electron chi connectivity index (χ1n) is 6.71. The minimum absolute atomic E-state index is 0.0173. The molecule has 2 rings (SSSR count). The van der Waals surface area contributed by atoms with E-state index in [9.17, 15) is 4.79 Å². The number of hydrogen-bond donors (Lipinski definition) is 1. The van der Waals surface area contributed by atoms with Gasteiger partial charge in [-0.15, -0.1) is 0 Å². The molecule has 0 unspecified atom stereocenters. The van der Waals surface area contributed by atoms with Crippen molar-refractivity contribution in [3.8, 4) is 0 Å². The lowest BCUT2D eigenvalue weighted by atomic mass is 10.1. The second kappa shape index (κ2) is 6.31. The number of rotatable bonds is 6. The summed E-state index contributed by atoms with van der Waals surface area (Å²) in [7, 11) is 3.69. The van der Waals surface area contributed by atoms with Crippen LogP contribution >= 0.6 is 0 Å². The Morgan fingerprint density at radius 1 is 1.40 bits per heavy atom. The van der Waals surface area contributed by atoms with Gasteiger partial charge in [-0.2, -0.15) is 10.2 Å². The van der Waals surface area contributed by atoms with E-state index >= 15 is 0 Å². The van der Waals surface area contributed by atoms with Crippen molar-refractivity contribution in [1.82, 2.24) is 29.9 Å². The van der Waals surface area contributed by atoms with E-state index in [0.717, 1.165) is 17.8 Å². The largest absolute Gasteiger partial charge is 0.346 e. The van der Waals surface area contributed by atoms with Crippen LogP contribution in [0.4, 0.5) is 0 Å². The fourth-order valence-corrected chi connectivity index (χ4v) is 2.10. The van der Waals surface area contributed by atoms with Crippen molar-refractivity contribution in [3.05, 3.63) is 30.1 Å². The predicted molar refractivity (Wildman–Crippen MR) is 73.7 cm³/mol. The van der Waals surface area contributed by atoms with Crippen LogP contribution in [0.5, 0.6) is 0 Å². The summed E-state index contributed by atoms with van der Waals surface area (Å²) >= 11 is 0. The van der Waals surface area contributed by atoms with Crippen LogP contribution in [0.15, 0.2) is 18.7 Å². The van der Waals surface area contributed by atoms with E-state index in [4.69, 9.17) is 0 Å². The molecule has 2 heterocycles. The van der Waals surface area contributed by atoms with Gasteiger partial charge in [0.15, 0.2) is 0 Å². The zero-order valence-electron chi connectivity index (χ0n) is 12.1. The first-order chi connectivity index (χ1) is 9.60. The maximum absolute atomic E-state index is 12.0. The normalized spacial score (nSPS) is 12.3. The molecule has 0 aliphatic heterocycles. The van der Waals surface area contributed by atoms with Gasteiger partial charge in [0.2, 0.25) is 5.91 Å². The number of hydrogen-bond acceptors (Lipinski definition) is 4. The number of carbonyl (C=O) groups excluding carboxylic acids is 1. The van der Waals surface area contributed by atoms with Crippen LogP contribution in [0.2, 0.25) is 0 Å². The Hall–Kier alpha value is -2.18. The van der Waals surface area contributed by atoms with E-state index in [1.807, 2.05) is 27.2 Å². The van der Waals surface area contributed by atoms with Gasteiger partial charge in [0, 0.05) is 26.7 Å². The van der Waals surface area contributed by atoms with Crippen LogP contribution in [0, 0.1) is 0 Å². The number of aryl methyl sites for hydroxylation is 3. The lowest BCUT2D eigenvalue weighted by Crippen LogP contribution is -2.30. The molecule has 1 amide bonds. The molecule has 2 aromatic heterocycles. The maximum atomic E-state index is 12.0. The van der Waals surface area contributed by atoms with Crippen molar-refractivity contribution < 1.29 is 4.79 Å². The zero-order valence-corrected chi connectivity index (χ0v) is 12.1. The quantitative estimate of drug-likeness (QED) is 0.844. The number of nitrogens with zero attached hydrogens (tertiary/aromatic N) is 5. The molecule has 0 aliphatic carbocycles. The third-order valence-corrected chi connectivity index (χ3v) is 3.20. The molecule has 0 saturated heterocycles. The van der Waals surface area contributed by atoms with E-state index in [1.54, 1.807) is 15.6 Å². The van der Waals surface area contributed by atoms with Crippen molar-refractivity contribution in [2.24, 2.45) is 14.1 Å². The zero-order chi connectivity index (χ0) is 14.5. The van der Waals surface area contributed by atoms with E-state index in [1.165, 1.54) is 6.33 Å². The molecule has 0 spiro atoms. The van der Waals surface area contributed by atoms with Crippen LogP contribution in [0.1, 0.15) is 37.2 Å². The van der Waals surface area contributed by atoms with Gasteiger partial charge in [-0.05, 0) is 18.4 Å². The Bertz CT molecular complexity index is 573. The van der Waals surface area contributed by atoms with Crippen LogP contribution in [0.3, 0.4) is 0 Å². The summed E-state index contributed by atoms with van der Waals surface area (Å²) in [5, 5.41) is 11.1. The number of carbonyl (C=O) groups is 1. The number of amides is 1. The predicted octanol–water partition coefficient (Wildman–Crippen LogP) is 0.749. The first kappa shape index (κ1) is 14.2. The second-order valence-electron chi connectivity index (χ2n) is 4.79. The minimum atomic E-state index is -0.0936. The molecular weight excluding hydrogens is 256 g/mol. The summed E-state index contributed by atoms with van der Waals surface area (Å²) in [5.41, 5.74) is 1.06. The molecule has 0 radical (unpaired) electrons. The second-order valence-corrected chi connectivity index (χ2v) is 4.79. The van der Waals surface area contributed by atoms with Crippen molar-refractivity contribution in [3.63, 3.8) is 0 Å². The van der Waals surface area contributed by atoms with Crippen molar-refractivity contribution in [2.45, 2.75) is 32.2 Å². The maximum Gasteiger partial charge on any atom is 0.220 e. The highest BCUT2D eigenvalue weighted by Crippen LogP contribution is 2.13. The first-order valence-corrected chi connectivity index (χ1v) is 6.71. The molecular formula is C13H20N6O. The van der Waals surface area contributed by atoms with Crippen molar-refractivity contribution in [2.75, 3.05) is 0 Å². The Balaban J connectivity index is 1.88. The molecule has 0 bridgehead atoms. The standard InChI is InChI=1S/C13H20N6O/c1-4-11(13-14-9-16-19(13)3)17-12(20)6-5-10-7-15-18(2)8-10/h7-9,11H,4-6H2,1-3H3,(H,17,20)/t11-/m1/s1. The van der Waals surface area contributed by atoms with Gasteiger partial charge in [0.05, 0.1) is 12.2 Å². The fraction of sp³-hybridized carbons (Fsp3) is 0.538. The molecule has 20 heavy (non-hydrogen) atoms. The van der Waals surface area contributed by atoms with Gasteiger partial charge in [-0.3, -0.25) is 14.2 Å². The van der Waals surface area contributed by atoms with E-state index in [-0.39, 0.29) is 11.9 Å². The number of nitrogens with one attached hydrogen (secondary N) is 1. The van der Waals surface area contributed by atoms with E-state index < -0.39 is 0 Å². The molecule has 0 saturated carbocycles. The van der Waals surface area contributed by atoms with Crippen LogP contribution in [0.25, 0.3) is 0 Å². The molecule has 0 aliphatic rings. The monoisotopic (exact) mass is 276 g/mol. The summed E-state index contributed by atoms with van der Waals surface area (Å²) in [6, 6.07) is -0.0936. The number of aromatic nitrogens is 5. The average Bonchev–Trinajstić information content (AvgIpc) is 3.02. The third kappa shape index (κ3) is 3.43. The summed E-state index contributed by atoms with van der Waals surface area (Å²) in [6.07, 6.45) is 7.13. The lowest BCUT2D eigenvalue weighted by molar-refractivity contribution is -0.121. The molecule has 0 fully saturated rings. The van der Waals surface area contributed by atoms with Gasteiger partial charge < -0.3 is 5.32 Å². The molecule has 1 atom stereocenters. The summed E-state index contributed by atoms with van der Waals surface area (Å²) in [6.45, 7) is 2.01. The van der Waals surface area contributed by atoms with Crippen LogP contribution in [-0.2, 0) is 25.3 Å². The Morgan fingerprint density at radius 3 is 2.75 bits per heavy atom. The van der Waals surface area contributed by atoms with Crippen LogP contribution in [-0.4, -0.2) is 30.5 Å². The average molecular weight is 276 g/mol. The third-order valence-electron chi connectivity index (χ3n) is 3.20. The molecule has 2 aromatic rings. The van der Waals surface area contributed by atoms with Crippen LogP contribution < -0.4 is 5.32 Å². The van der Waals surface area contributed by atoms with E-state index in [0.29, 0.717) is 12.8 Å². The molecule has 7 heteroatoms. The Morgan fingerprint density at radius 2 is 2.20 bits per heavy atom. The van der Waals surface area contributed by atoms with Gasteiger partial charge in [-0.1, -0.05) is 6.92 Å². The smallest absolute Gasteiger partial charge is 0.220 e. The Labute approximate surface area is 118 Å². The SMILES string of the molecule is CC[C@@H](NC(=O)CCc1cnn(C)c1)c1ncnn1C. The molecule has 1 N–H and O–H groups in total. The minimum Gasteiger partial charge on any atom is -0.346 e. The Kier molecular flexibility index (Phi) is 4.49. The highest BCUT2D eigenvalue weighted by atomic mass is 16.1. The van der Waals surface area contributed by atoms with Crippen molar-refractivity contribution in [1.29, 1.82) is 0 Å². The highest BCUT2D eigenvalue weighted by Gasteiger charge is 2.17. The molecule has 0 aromatic carbocycles. The summed E-state index contributed by atoms with van der Waals surface area (Å²) < 4.78 is 3.43. The molecule has 7 nitrogen and oxygen atoms in total. The summed E-state index contributed by atoms with van der Waals surface area (Å²) in [4.78, 5) is 16.2. The van der Waals surface area contributed by atoms with Gasteiger partial charge >= 0.3 is 0 Å². The summed E-state index contributed by atoms with van der Waals surface area (Å²) in [5.74, 6) is 0.797.